The van der Waals surface area contributed by atoms with Crippen LogP contribution in [-0.2, 0) is 11.3 Å². The van der Waals surface area contributed by atoms with Crippen molar-refractivity contribution in [2.75, 3.05) is 0 Å². The first kappa shape index (κ1) is 14.7. The Kier molecular flexibility index (Phi) is 4.28. The van der Waals surface area contributed by atoms with Crippen molar-refractivity contribution in [2.24, 2.45) is 5.10 Å². The summed E-state index contributed by atoms with van der Waals surface area (Å²) >= 11 is 0. The molecule has 23 heavy (non-hydrogen) atoms. The maximum Gasteiger partial charge on any atom is 0.241 e. The van der Waals surface area contributed by atoms with Crippen LogP contribution in [0.25, 0.3) is 11.0 Å². The van der Waals surface area contributed by atoms with E-state index in [1.54, 1.807) is 28.9 Å². The number of fused-ring (bicyclic) bond motifs is 1. The number of hydrogen-bond donors (Lipinski definition) is 2. The van der Waals surface area contributed by atoms with Gasteiger partial charge in [-0.2, -0.15) is 5.10 Å². The maximum atomic E-state index is 11.8. The Balaban J connectivity index is 1.55. The summed E-state index contributed by atoms with van der Waals surface area (Å²) in [7, 11) is 0. The minimum Gasteiger partial charge on any atom is -0.507 e. The lowest BCUT2D eigenvalue weighted by atomic mass is 10.2. The third-order valence-electron chi connectivity index (χ3n) is 3.30. The minimum atomic E-state index is -0.240. The Morgan fingerprint density at radius 2 is 2.00 bits per heavy atom. The number of phenols is 1. The normalized spacial score (nSPS) is 11.1. The van der Waals surface area contributed by atoms with E-state index in [2.05, 4.69) is 20.8 Å². The molecular formula is C16H15N5O2. The number of nitrogens with one attached hydrogen (secondary N) is 1. The van der Waals surface area contributed by atoms with Gasteiger partial charge in [0.2, 0.25) is 5.91 Å². The van der Waals surface area contributed by atoms with Crippen molar-refractivity contribution in [3.05, 3.63) is 54.1 Å². The fourth-order valence-corrected chi connectivity index (χ4v) is 2.12. The van der Waals surface area contributed by atoms with Crippen LogP contribution in [0.15, 0.2) is 53.6 Å². The number of para-hydroxylation sites is 2. The van der Waals surface area contributed by atoms with E-state index < -0.39 is 0 Å². The lowest BCUT2D eigenvalue weighted by molar-refractivity contribution is -0.121. The zero-order valence-corrected chi connectivity index (χ0v) is 12.3. The second kappa shape index (κ2) is 6.69. The summed E-state index contributed by atoms with van der Waals surface area (Å²) in [6, 6.07) is 14.3. The molecule has 0 radical (unpaired) electrons. The van der Waals surface area contributed by atoms with Crippen molar-refractivity contribution in [2.45, 2.75) is 13.0 Å². The molecule has 2 N–H and O–H groups in total. The highest BCUT2D eigenvalue weighted by Gasteiger charge is 2.06. The van der Waals surface area contributed by atoms with Crippen LogP contribution in [0.1, 0.15) is 12.0 Å². The molecular weight excluding hydrogens is 294 g/mol. The van der Waals surface area contributed by atoms with Gasteiger partial charge in [0.15, 0.2) is 0 Å². The smallest absolute Gasteiger partial charge is 0.241 e. The van der Waals surface area contributed by atoms with Crippen LogP contribution in [0, 0.1) is 0 Å². The summed E-state index contributed by atoms with van der Waals surface area (Å²) in [4.78, 5) is 11.8. The summed E-state index contributed by atoms with van der Waals surface area (Å²) in [5.41, 5.74) is 4.65. The second-order valence-electron chi connectivity index (χ2n) is 4.90. The number of aromatic hydroxyl groups is 1. The van der Waals surface area contributed by atoms with Crippen LogP contribution in [0.3, 0.4) is 0 Å². The molecule has 0 unspecified atom stereocenters. The van der Waals surface area contributed by atoms with Gasteiger partial charge >= 0.3 is 0 Å². The number of rotatable bonds is 5. The summed E-state index contributed by atoms with van der Waals surface area (Å²) in [5.74, 6) is -0.129. The fourth-order valence-electron chi connectivity index (χ4n) is 2.12. The van der Waals surface area contributed by atoms with E-state index >= 15 is 0 Å². The predicted molar refractivity (Wildman–Crippen MR) is 86.0 cm³/mol. The van der Waals surface area contributed by atoms with Crippen LogP contribution < -0.4 is 5.43 Å². The lowest BCUT2D eigenvalue weighted by Crippen LogP contribution is -2.19. The van der Waals surface area contributed by atoms with Crippen molar-refractivity contribution in [3.8, 4) is 5.75 Å². The van der Waals surface area contributed by atoms with E-state index in [-0.39, 0.29) is 18.1 Å². The molecule has 116 valence electrons. The molecule has 1 heterocycles. The number of carbonyl (C=O) groups excluding carboxylic acids is 1. The highest BCUT2D eigenvalue weighted by molar-refractivity contribution is 5.85. The van der Waals surface area contributed by atoms with Crippen molar-refractivity contribution in [1.82, 2.24) is 20.4 Å². The van der Waals surface area contributed by atoms with E-state index in [1.807, 2.05) is 24.3 Å². The van der Waals surface area contributed by atoms with Gasteiger partial charge in [-0.1, -0.05) is 29.5 Å². The van der Waals surface area contributed by atoms with E-state index in [4.69, 9.17) is 0 Å². The first-order chi connectivity index (χ1) is 11.2. The zero-order chi connectivity index (χ0) is 16.1. The molecule has 0 bridgehead atoms. The first-order valence-corrected chi connectivity index (χ1v) is 7.12. The zero-order valence-electron chi connectivity index (χ0n) is 12.3. The van der Waals surface area contributed by atoms with Crippen LogP contribution in [0.4, 0.5) is 0 Å². The summed E-state index contributed by atoms with van der Waals surface area (Å²) < 4.78 is 1.68. The SMILES string of the molecule is O=C(CCn1nnc2ccccc21)NN=Cc1ccccc1O. The van der Waals surface area contributed by atoms with Gasteiger partial charge in [0, 0.05) is 12.0 Å². The Morgan fingerprint density at radius 3 is 2.87 bits per heavy atom. The molecule has 1 amide bonds. The summed E-state index contributed by atoms with van der Waals surface area (Å²) in [5, 5.41) is 21.5. The van der Waals surface area contributed by atoms with Gasteiger partial charge in [0.1, 0.15) is 11.3 Å². The van der Waals surface area contributed by atoms with E-state index in [0.29, 0.717) is 12.1 Å². The summed E-state index contributed by atoms with van der Waals surface area (Å²) in [6.45, 7) is 0.415. The third kappa shape index (κ3) is 3.52. The van der Waals surface area contributed by atoms with Crippen LogP contribution in [-0.4, -0.2) is 32.2 Å². The molecule has 1 aromatic heterocycles. The standard InChI is InChI=1S/C16H15N5O2/c22-15-8-4-1-5-12(15)11-17-19-16(23)9-10-21-14-7-3-2-6-13(14)18-20-21/h1-8,11,22H,9-10H2,(H,19,23). The van der Waals surface area contributed by atoms with Crippen LogP contribution in [0.2, 0.25) is 0 Å². The number of hydrazone groups is 1. The molecule has 0 aliphatic heterocycles. The highest BCUT2D eigenvalue weighted by Crippen LogP contribution is 2.12. The maximum absolute atomic E-state index is 11.8. The molecule has 3 rings (SSSR count). The number of aryl methyl sites for hydroxylation is 1. The van der Waals surface area contributed by atoms with Gasteiger partial charge < -0.3 is 5.11 Å². The highest BCUT2D eigenvalue weighted by atomic mass is 16.3. The first-order valence-electron chi connectivity index (χ1n) is 7.12. The minimum absolute atomic E-state index is 0.111. The van der Waals surface area contributed by atoms with Crippen molar-refractivity contribution >= 4 is 23.2 Å². The monoisotopic (exact) mass is 309 g/mol. The van der Waals surface area contributed by atoms with Gasteiger partial charge in [-0.3, -0.25) is 4.79 Å². The van der Waals surface area contributed by atoms with E-state index in [1.165, 1.54) is 6.21 Å². The Hall–Kier alpha value is -3.22. The molecule has 0 aliphatic carbocycles. The number of benzene rings is 2. The number of phenolic OH excluding ortho intramolecular Hbond substituents is 1. The lowest BCUT2D eigenvalue weighted by Gasteiger charge is -2.02. The molecule has 0 atom stereocenters. The molecule has 2 aromatic carbocycles. The van der Waals surface area contributed by atoms with Gasteiger partial charge in [0.25, 0.3) is 0 Å². The second-order valence-corrected chi connectivity index (χ2v) is 4.90. The number of hydrogen-bond acceptors (Lipinski definition) is 5. The molecule has 0 fully saturated rings. The molecule has 7 heteroatoms. The quantitative estimate of drug-likeness (QED) is 0.554. The Bertz CT molecular complexity index is 856. The van der Waals surface area contributed by atoms with Crippen molar-refractivity contribution in [3.63, 3.8) is 0 Å². The molecule has 7 nitrogen and oxygen atoms in total. The Labute approximate surface area is 132 Å². The average molecular weight is 309 g/mol. The van der Waals surface area contributed by atoms with Gasteiger partial charge in [-0.05, 0) is 24.3 Å². The molecule has 0 aliphatic rings. The van der Waals surface area contributed by atoms with Gasteiger partial charge in [0.05, 0.1) is 18.3 Å². The molecule has 0 saturated heterocycles. The third-order valence-corrected chi connectivity index (χ3v) is 3.30. The predicted octanol–water partition coefficient (Wildman–Crippen LogP) is 1.68. The molecule has 0 saturated carbocycles. The average Bonchev–Trinajstić information content (AvgIpc) is 2.98. The molecule has 0 spiro atoms. The number of carbonyl (C=O) groups is 1. The molecule has 3 aromatic rings. The van der Waals surface area contributed by atoms with Crippen LogP contribution in [0.5, 0.6) is 5.75 Å². The van der Waals surface area contributed by atoms with E-state index in [9.17, 15) is 9.90 Å². The largest absolute Gasteiger partial charge is 0.507 e. The topological polar surface area (TPSA) is 92.4 Å². The van der Waals surface area contributed by atoms with Gasteiger partial charge in [-0.25, -0.2) is 10.1 Å². The number of aromatic nitrogens is 3. The van der Waals surface area contributed by atoms with Crippen molar-refractivity contribution in [1.29, 1.82) is 0 Å². The van der Waals surface area contributed by atoms with E-state index in [0.717, 1.165) is 11.0 Å². The van der Waals surface area contributed by atoms with Crippen molar-refractivity contribution < 1.29 is 9.90 Å². The Morgan fingerprint density at radius 1 is 1.22 bits per heavy atom. The number of nitrogens with zero attached hydrogens (tertiary/aromatic N) is 4. The van der Waals surface area contributed by atoms with Gasteiger partial charge in [-0.15, -0.1) is 5.10 Å². The fraction of sp³-hybridized carbons (Fsp3) is 0.125. The van der Waals surface area contributed by atoms with Crippen LogP contribution >= 0.6 is 0 Å². The number of amides is 1. The summed E-state index contributed by atoms with van der Waals surface area (Å²) in [6.07, 6.45) is 1.63.